The normalized spacial score (nSPS) is 23.5. The van der Waals surface area contributed by atoms with Gasteiger partial charge >= 0.3 is 0 Å². The molecule has 0 bridgehead atoms. The number of halogens is 2. The molecule has 0 radical (unpaired) electrons. The largest absolute Gasteiger partial charge is 0.411 e. The van der Waals surface area contributed by atoms with Crippen LogP contribution in [0.1, 0.15) is 18.9 Å². The SMILES string of the molecule is CC1CN(Cc2cc(Br)ccc2F)CC/C1=N\O. The van der Waals surface area contributed by atoms with E-state index in [0.717, 1.165) is 29.7 Å². The van der Waals surface area contributed by atoms with E-state index in [-0.39, 0.29) is 11.7 Å². The lowest BCUT2D eigenvalue weighted by Crippen LogP contribution is -2.39. The van der Waals surface area contributed by atoms with Gasteiger partial charge in [0.05, 0.1) is 5.71 Å². The van der Waals surface area contributed by atoms with Crippen molar-refractivity contribution in [1.82, 2.24) is 4.90 Å². The zero-order valence-corrected chi connectivity index (χ0v) is 11.8. The molecule has 2 rings (SSSR count). The third-order valence-electron chi connectivity index (χ3n) is 3.32. The van der Waals surface area contributed by atoms with E-state index in [9.17, 15) is 4.39 Å². The number of oxime groups is 1. The summed E-state index contributed by atoms with van der Waals surface area (Å²) in [5.41, 5.74) is 1.53. The molecule has 1 aliphatic heterocycles. The van der Waals surface area contributed by atoms with Gasteiger partial charge in [0.2, 0.25) is 0 Å². The average molecular weight is 315 g/mol. The second kappa shape index (κ2) is 5.80. The van der Waals surface area contributed by atoms with E-state index >= 15 is 0 Å². The van der Waals surface area contributed by atoms with Gasteiger partial charge in [-0.3, -0.25) is 4.90 Å². The Balaban J connectivity index is 2.04. The molecular weight excluding hydrogens is 299 g/mol. The van der Waals surface area contributed by atoms with Crippen molar-refractivity contribution in [2.24, 2.45) is 11.1 Å². The molecule has 0 spiro atoms. The fourth-order valence-electron chi connectivity index (χ4n) is 2.30. The Morgan fingerprint density at radius 1 is 1.56 bits per heavy atom. The summed E-state index contributed by atoms with van der Waals surface area (Å²) >= 11 is 3.36. The van der Waals surface area contributed by atoms with E-state index < -0.39 is 0 Å². The van der Waals surface area contributed by atoms with Crippen molar-refractivity contribution in [1.29, 1.82) is 0 Å². The molecule has 0 saturated carbocycles. The van der Waals surface area contributed by atoms with Crippen molar-refractivity contribution in [2.45, 2.75) is 19.9 Å². The van der Waals surface area contributed by atoms with Crippen LogP contribution in [0.15, 0.2) is 27.8 Å². The predicted molar refractivity (Wildman–Crippen MR) is 72.4 cm³/mol. The first-order valence-corrected chi connectivity index (χ1v) is 6.76. The smallest absolute Gasteiger partial charge is 0.127 e. The zero-order chi connectivity index (χ0) is 13.1. The van der Waals surface area contributed by atoms with E-state index in [1.165, 1.54) is 6.07 Å². The minimum absolute atomic E-state index is 0.174. The summed E-state index contributed by atoms with van der Waals surface area (Å²) in [7, 11) is 0. The number of rotatable bonds is 2. The molecule has 3 nitrogen and oxygen atoms in total. The Hall–Kier alpha value is -0.940. The molecule has 1 atom stereocenters. The Kier molecular flexibility index (Phi) is 4.35. The molecule has 1 aromatic carbocycles. The minimum atomic E-state index is -0.174. The van der Waals surface area contributed by atoms with Crippen molar-refractivity contribution >= 4 is 21.6 Å². The molecule has 0 amide bonds. The standard InChI is InChI=1S/C13H16BrFN2O/c1-9-7-17(5-4-13(9)16-18)8-10-6-11(14)2-3-12(10)15/h2-3,6,9,18H,4-5,7-8H2,1H3/b16-13+. The molecule has 18 heavy (non-hydrogen) atoms. The monoisotopic (exact) mass is 314 g/mol. The van der Waals surface area contributed by atoms with Crippen LogP contribution in [-0.2, 0) is 6.54 Å². The molecule has 98 valence electrons. The number of likely N-dealkylation sites (tertiary alicyclic amines) is 1. The van der Waals surface area contributed by atoms with Crippen LogP contribution in [0.4, 0.5) is 4.39 Å². The quantitative estimate of drug-likeness (QED) is 0.672. The highest BCUT2D eigenvalue weighted by atomic mass is 79.9. The third-order valence-corrected chi connectivity index (χ3v) is 3.81. The highest BCUT2D eigenvalue weighted by molar-refractivity contribution is 9.10. The summed E-state index contributed by atoms with van der Waals surface area (Å²) in [6.45, 7) is 4.22. The Morgan fingerprint density at radius 3 is 3.00 bits per heavy atom. The van der Waals surface area contributed by atoms with E-state index in [1.807, 2.05) is 13.0 Å². The number of hydrogen-bond donors (Lipinski definition) is 1. The maximum Gasteiger partial charge on any atom is 0.127 e. The van der Waals surface area contributed by atoms with Crippen molar-refractivity contribution in [3.63, 3.8) is 0 Å². The maximum absolute atomic E-state index is 13.7. The molecule has 1 unspecified atom stereocenters. The first-order chi connectivity index (χ1) is 8.60. The second-order valence-corrected chi connectivity index (χ2v) is 5.63. The van der Waals surface area contributed by atoms with Crippen LogP contribution in [0.25, 0.3) is 0 Å². The number of piperidine rings is 1. The van der Waals surface area contributed by atoms with Gasteiger partial charge in [-0.25, -0.2) is 4.39 Å². The lowest BCUT2D eigenvalue weighted by Gasteiger charge is -2.31. The van der Waals surface area contributed by atoms with Crippen LogP contribution in [0.2, 0.25) is 0 Å². The second-order valence-electron chi connectivity index (χ2n) is 4.71. The van der Waals surface area contributed by atoms with Gasteiger partial charge in [0.15, 0.2) is 0 Å². The molecule has 0 aromatic heterocycles. The number of hydrogen-bond acceptors (Lipinski definition) is 3. The summed E-state index contributed by atoms with van der Waals surface area (Å²) in [5.74, 6) is 0.0476. The average Bonchev–Trinajstić information content (AvgIpc) is 2.34. The van der Waals surface area contributed by atoms with Gasteiger partial charge in [-0.15, -0.1) is 0 Å². The van der Waals surface area contributed by atoms with Gasteiger partial charge < -0.3 is 5.21 Å². The van der Waals surface area contributed by atoms with Crippen molar-refractivity contribution in [2.75, 3.05) is 13.1 Å². The molecule has 1 heterocycles. The number of nitrogens with zero attached hydrogens (tertiary/aromatic N) is 2. The maximum atomic E-state index is 13.7. The summed E-state index contributed by atoms with van der Waals surface area (Å²) in [5, 5.41) is 12.1. The summed E-state index contributed by atoms with van der Waals surface area (Å²) < 4.78 is 14.5. The van der Waals surface area contributed by atoms with E-state index in [2.05, 4.69) is 26.0 Å². The molecule has 5 heteroatoms. The molecule has 0 aliphatic carbocycles. The Labute approximate surface area is 114 Å². The summed E-state index contributed by atoms with van der Waals surface area (Å²) in [6, 6.07) is 5.00. The molecular formula is C13H16BrFN2O. The first-order valence-electron chi connectivity index (χ1n) is 5.97. The number of benzene rings is 1. The van der Waals surface area contributed by atoms with Gasteiger partial charge in [-0.2, -0.15) is 0 Å². The lowest BCUT2D eigenvalue weighted by atomic mass is 9.97. The fraction of sp³-hybridized carbons (Fsp3) is 0.462. The van der Waals surface area contributed by atoms with Gasteiger partial charge in [0.25, 0.3) is 0 Å². The van der Waals surface area contributed by atoms with Gasteiger partial charge in [0.1, 0.15) is 5.82 Å². The Bertz CT molecular complexity index is 464. The molecule has 1 saturated heterocycles. The molecule has 1 N–H and O–H groups in total. The van der Waals surface area contributed by atoms with Crippen LogP contribution in [0, 0.1) is 11.7 Å². The minimum Gasteiger partial charge on any atom is -0.411 e. The first kappa shape index (κ1) is 13.5. The van der Waals surface area contributed by atoms with Crippen LogP contribution in [0.5, 0.6) is 0 Å². The highest BCUT2D eigenvalue weighted by Crippen LogP contribution is 2.20. The van der Waals surface area contributed by atoms with Gasteiger partial charge in [0, 0.05) is 42.0 Å². The van der Waals surface area contributed by atoms with Crippen LogP contribution in [0.3, 0.4) is 0 Å². The van der Waals surface area contributed by atoms with Crippen LogP contribution < -0.4 is 0 Å². The predicted octanol–water partition coefficient (Wildman–Crippen LogP) is 3.26. The topological polar surface area (TPSA) is 35.8 Å². The molecule has 1 fully saturated rings. The van der Waals surface area contributed by atoms with Crippen molar-refractivity contribution in [3.05, 3.63) is 34.1 Å². The van der Waals surface area contributed by atoms with Crippen molar-refractivity contribution in [3.8, 4) is 0 Å². The summed E-state index contributed by atoms with van der Waals surface area (Å²) in [6.07, 6.45) is 0.743. The lowest BCUT2D eigenvalue weighted by molar-refractivity contribution is 0.226. The summed E-state index contributed by atoms with van der Waals surface area (Å²) in [4.78, 5) is 2.18. The Morgan fingerprint density at radius 2 is 2.33 bits per heavy atom. The van der Waals surface area contributed by atoms with Crippen LogP contribution >= 0.6 is 15.9 Å². The molecule has 1 aliphatic rings. The van der Waals surface area contributed by atoms with Crippen LogP contribution in [-0.4, -0.2) is 28.9 Å². The fourth-order valence-corrected chi connectivity index (χ4v) is 2.71. The van der Waals surface area contributed by atoms with Gasteiger partial charge in [-0.1, -0.05) is 28.0 Å². The third kappa shape index (κ3) is 3.09. The molecule has 1 aromatic rings. The van der Waals surface area contributed by atoms with E-state index in [1.54, 1.807) is 6.07 Å². The van der Waals surface area contributed by atoms with Crippen molar-refractivity contribution < 1.29 is 9.60 Å². The van der Waals surface area contributed by atoms with E-state index in [4.69, 9.17) is 5.21 Å². The zero-order valence-electron chi connectivity index (χ0n) is 10.2. The highest BCUT2D eigenvalue weighted by Gasteiger charge is 2.23. The van der Waals surface area contributed by atoms with E-state index in [0.29, 0.717) is 12.1 Å². The van der Waals surface area contributed by atoms with Gasteiger partial charge in [-0.05, 0) is 18.2 Å².